The molecule has 2 amide bonds. The second-order valence-corrected chi connectivity index (χ2v) is 5.10. The molecule has 0 aliphatic carbocycles. The molecule has 2 heterocycles. The van der Waals surface area contributed by atoms with Crippen molar-refractivity contribution in [1.29, 1.82) is 0 Å². The lowest BCUT2D eigenvalue weighted by molar-refractivity contribution is -0.118. The van der Waals surface area contributed by atoms with Gasteiger partial charge in [0.25, 0.3) is 5.91 Å². The minimum absolute atomic E-state index is 0.144. The molecule has 1 saturated heterocycles. The van der Waals surface area contributed by atoms with Crippen molar-refractivity contribution in [3.05, 3.63) is 47.6 Å². The number of carbonyl (C=O) groups excluding carboxylic acids is 2. The van der Waals surface area contributed by atoms with Gasteiger partial charge in [0.05, 0.1) is 0 Å². The summed E-state index contributed by atoms with van der Waals surface area (Å²) in [7, 11) is 0. The molecule has 2 aromatic rings. The number of halogens is 1. The SMILES string of the molecule is Cc1cc(C(=O)N[C@H]2CCN(c3ccc(F)cc3)C2=O)no1. The molecule has 1 fully saturated rings. The first-order valence-electron chi connectivity index (χ1n) is 6.86. The van der Waals surface area contributed by atoms with E-state index in [2.05, 4.69) is 10.5 Å². The number of nitrogens with one attached hydrogen (secondary N) is 1. The van der Waals surface area contributed by atoms with Crippen molar-refractivity contribution in [1.82, 2.24) is 10.5 Å². The van der Waals surface area contributed by atoms with Crippen LogP contribution < -0.4 is 10.2 Å². The van der Waals surface area contributed by atoms with Crippen LogP contribution in [0.4, 0.5) is 10.1 Å². The number of hydrogen-bond donors (Lipinski definition) is 1. The number of anilines is 1. The molecule has 114 valence electrons. The number of aryl methyl sites for hydroxylation is 1. The second-order valence-electron chi connectivity index (χ2n) is 5.10. The molecule has 3 rings (SSSR count). The van der Waals surface area contributed by atoms with E-state index in [0.29, 0.717) is 24.4 Å². The Morgan fingerprint density at radius 1 is 1.41 bits per heavy atom. The maximum absolute atomic E-state index is 12.9. The van der Waals surface area contributed by atoms with Gasteiger partial charge < -0.3 is 14.7 Å². The molecule has 0 radical (unpaired) electrons. The molecular formula is C15H14FN3O3. The number of aromatic nitrogens is 1. The van der Waals surface area contributed by atoms with Gasteiger partial charge in [-0.25, -0.2) is 4.39 Å². The van der Waals surface area contributed by atoms with E-state index in [4.69, 9.17) is 4.52 Å². The van der Waals surface area contributed by atoms with E-state index in [0.717, 1.165) is 0 Å². The third kappa shape index (κ3) is 2.69. The molecule has 6 nitrogen and oxygen atoms in total. The van der Waals surface area contributed by atoms with Gasteiger partial charge in [-0.05, 0) is 37.6 Å². The van der Waals surface area contributed by atoms with Crippen molar-refractivity contribution in [3.8, 4) is 0 Å². The summed E-state index contributed by atoms with van der Waals surface area (Å²) in [6.07, 6.45) is 0.485. The van der Waals surface area contributed by atoms with E-state index in [1.807, 2.05) is 0 Å². The highest BCUT2D eigenvalue weighted by Gasteiger charge is 2.34. The third-order valence-corrected chi connectivity index (χ3v) is 3.51. The fourth-order valence-corrected chi connectivity index (χ4v) is 2.40. The van der Waals surface area contributed by atoms with Gasteiger partial charge in [0.1, 0.15) is 17.6 Å². The number of nitrogens with zero attached hydrogens (tertiary/aromatic N) is 2. The monoisotopic (exact) mass is 303 g/mol. The Hall–Kier alpha value is -2.70. The van der Waals surface area contributed by atoms with Crippen LogP contribution >= 0.6 is 0 Å². The third-order valence-electron chi connectivity index (χ3n) is 3.51. The minimum atomic E-state index is -0.616. The molecule has 0 unspecified atom stereocenters. The van der Waals surface area contributed by atoms with Crippen molar-refractivity contribution in [2.45, 2.75) is 19.4 Å². The fraction of sp³-hybridized carbons (Fsp3) is 0.267. The minimum Gasteiger partial charge on any atom is -0.361 e. The van der Waals surface area contributed by atoms with Crippen LogP contribution in [0.2, 0.25) is 0 Å². The molecule has 0 spiro atoms. The van der Waals surface area contributed by atoms with Gasteiger partial charge in [0, 0.05) is 18.3 Å². The van der Waals surface area contributed by atoms with Crippen LogP contribution in [0.1, 0.15) is 22.7 Å². The van der Waals surface area contributed by atoms with E-state index in [-0.39, 0.29) is 17.4 Å². The molecule has 1 aliphatic rings. The van der Waals surface area contributed by atoms with Gasteiger partial charge in [-0.15, -0.1) is 0 Å². The summed E-state index contributed by atoms with van der Waals surface area (Å²) in [6, 6.07) is 6.57. The number of rotatable bonds is 3. The van der Waals surface area contributed by atoms with Crippen LogP contribution in [0.25, 0.3) is 0 Å². The summed E-state index contributed by atoms with van der Waals surface area (Å²) in [5, 5.41) is 6.26. The number of amides is 2. The van der Waals surface area contributed by atoms with E-state index >= 15 is 0 Å². The smallest absolute Gasteiger partial charge is 0.274 e. The Kier molecular flexibility index (Phi) is 3.62. The highest BCUT2D eigenvalue weighted by Crippen LogP contribution is 2.22. The van der Waals surface area contributed by atoms with Gasteiger partial charge in [0.2, 0.25) is 5.91 Å². The fourth-order valence-electron chi connectivity index (χ4n) is 2.40. The number of hydrogen-bond acceptors (Lipinski definition) is 4. The molecule has 0 saturated carbocycles. The van der Waals surface area contributed by atoms with Crippen molar-refractivity contribution < 1.29 is 18.5 Å². The first kappa shape index (κ1) is 14.2. The van der Waals surface area contributed by atoms with E-state index < -0.39 is 11.9 Å². The zero-order chi connectivity index (χ0) is 15.7. The van der Waals surface area contributed by atoms with E-state index in [1.54, 1.807) is 19.1 Å². The predicted molar refractivity (Wildman–Crippen MR) is 75.9 cm³/mol. The van der Waals surface area contributed by atoms with E-state index in [1.165, 1.54) is 23.1 Å². The summed E-state index contributed by atoms with van der Waals surface area (Å²) in [5.41, 5.74) is 0.756. The van der Waals surface area contributed by atoms with Crippen molar-refractivity contribution in [3.63, 3.8) is 0 Å². The maximum atomic E-state index is 12.9. The lowest BCUT2D eigenvalue weighted by atomic mass is 10.2. The number of carbonyl (C=O) groups is 2. The van der Waals surface area contributed by atoms with Gasteiger partial charge >= 0.3 is 0 Å². The molecule has 1 aliphatic heterocycles. The lowest BCUT2D eigenvalue weighted by Gasteiger charge is -2.17. The average Bonchev–Trinajstić information content (AvgIpc) is 3.08. The Balaban J connectivity index is 1.68. The molecular weight excluding hydrogens is 289 g/mol. The van der Waals surface area contributed by atoms with Crippen LogP contribution in [-0.4, -0.2) is 29.6 Å². The van der Waals surface area contributed by atoms with E-state index in [9.17, 15) is 14.0 Å². The van der Waals surface area contributed by atoms with Gasteiger partial charge in [0.15, 0.2) is 5.69 Å². The van der Waals surface area contributed by atoms with Crippen molar-refractivity contribution in [2.75, 3.05) is 11.4 Å². The average molecular weight is 303 g/mol. The summed E-state index contributed by atoms with van der Waals surface area (Å²) in [4.78, 5) is 25.9. The predicted octanol–water partition coefficient (Wildman–Crippen LogP) is 1.66. The van der Waals surface area contributed by atoms with Crippen LogP contribution in [0.15, 0.2) is 34.9 Å². The molecule has 7 heteroatoms. The standard InChI is InChI=1S/C15H14FN3O3/c1-9-8-13(18-22-9)14(20)17-12-6-7-19(15(12)21)11-4-2-10(16)3-5-11/h2-5,8,12H,6-7H2,1H3,(H,17,20)/t12-/m0/s1. The highest BCUT2D eigenvalue weighted by molar-refractivity contribution is 6.03. The highest BCUT2D eigenvalue weighted by atomic mass is 19.1. The Labute approximate surface area is 125 Å². The van der Waals surface area contributed by atoms with Crippen LogP contribution in [0.5, 0.6) is 0 Å². The maximum Gasteiger partial charge on any atom is 0.274 e. The zero-order valence-corrected chi connectivity index (χ0v) is 11.9. The molecule has 1 atom stereocenters. The molecule has 1 N–H and O–H groups in total. The first-order valence-corrected chi connectivity index (χ1v) is 6.86. The summed E-state index contributed by atoms with van der Waals surface area (Å²) in [5.74, 6) is -0.506. The molecule has 1 aromatic heterocycles. The first-order chi connectivity index (χ1) is 10.5. The van der Waals surface area contributed by atoms with Gasteiger partial charge in [-0.2, -0.15) is 0 Å². The van der Waals surface area contributed by atoms with Crippen LogP contribution in [0.3, 0.4) is 0 Å². The largest absolute Gasteiger partial charge is 0.361 e. The normalized spacial score (nSPS) is 17.8. The Bertz CT molecular complexity index is 711. The topological polar surface area (TPSA) is 75.4 Å². The van der Waals surface area contributed by atoms with Crippen LogP contribution in [-0.2, 0) is 4.79 Å². The van der Waals surface area contributed by atoms with Crippen molar-refractivity contribution in [2.24, 2.45) is 0 Å². The Morgan fingerprint density at radius 2 is 2.14 bits per heavy atom. The quantitative estimate of drug-likeness (QED) is 0.935. The summed E-state index contributed by atoms with van der Waals surface area (Å²) in [6.45, 7) is 2.15. The van der Waals surface area contributed by atoms with Gasteiger partial charge in [-0.1, -0.05) is 5.16 Å². The van der Waals surface area contributed by atoms with Gasteiger partial charge in [-0.3, -0.25) is 9.59 Å². The summed E-state index contributed by atoms with van der Waals surface area (Å²) >= 11 is 0. The van der Waals surface area contributed by atoms with Crippen molar-refractivity contribution >= 4 is 17.5 Å². The molecule has 1 aromatic carbocycles. The number of benzene rings is 1. The molecule has 0 bridgehead atoms. The summed E-state index contributed by atoms with van der Waals surface area (Å²) < 4.78 is 17.8. The lowest BCUT2D eigenvalue weighted by Crippen LogP contribution is -2.41. The molecule has 22 heavy (non-hydrogen) atoms. The van der Waals surface area contributed by atoms with Crippen LogP contribution in [0, 0.1) is 12.7 Å². The zero-order valence-electron chi connectivity index (χ0n) is 11.9. The Morgan fingerprint density at radius 3 is 2.77 bits per heavy atom. The second kappa shape index (κ2) is 5.59.